The van der Waals surface area contributed by atoms with Crippen LogP contribution in [0.2, 0.25) is 5.02 Å². The summed E-state index contributed by atoms with van der Waals surface area (Å²) >= 11 is 6.03. The molecule has 0 spiro atoms. The number of carbonyl (C=O) groups excluding carboxylic acids is 1. The van der Waals surface area contributed by atoms with Crippen LogP contribution >= 0.6 is 11.6 Å². The Morgan fingerprint density at radius 3 is 2.68 bits per heavy atom. The molecule has 0 amide bonds. The highest BCUT2D eigenvalue weighted by molar-refractivity contribution is 6.32. The highest BCUT2D eigenvalue weighted by Gasteiger charge is 2.11. The largest absolute Gasteiger partial charge is 0.495 e. The number of aryl methyl sites for hydroxylation is 1. The minimum absolute atomic E-state index is 0.162. The van der Waals surface area contributed by atoms with E-state index in [1.54, 1.807) is 30.3 Å². The van der Waals surface area contributed by atoms with Crippen LogP contribution in [0.5, 0.6) is 11.5 Å². The second-order valence-electron chi connectivity index (χ2n) is 5.47. The molecule has 0 saturated carbocycles. The maximum atomic E-state index is 12.2. The average Bonchev–Trinajstić information content (AvgIpc) is 2.59. The summed E-state index contributed by atoms with van der Waals surface area (Å²) in [7, 11) is 1.51. The molecule has 0 N–H and O–H groups in total. The standard InChI is InChI=1S/C19H15ClO5/c1-11-7-19(22)25-18-9-13(4-5-14(11)18)24-10-16(21)12-3-6-17(23-2)15(20)8-12/h3-9H,10H2,1-2H3. The van der Waals surface area contributed by atoms with E-state index in [0.29, 0.717) is 27.7 Å². The van der Waals surface area contributed by atoms with Crippen LogP contribution in [0.15, 0.2) is 51.7 Å². The summed E-state index contributed by atoms with van der Waals surface area (Å²) in [4.78, 5) is 23.7. The number of ether oxygens (including phenoxy) is 2. The first-order valence-corrected chi connectivity index (χ1v) is 7.90. The summed E-state index contributed by atoms with van der Waals surface area (Å²) in [6.07, 6.45) is 0. The van der Waals surface area contributed by atoms with Crippen LogP contribution in [0.25, 0.3) is 11.0 Å². The molecule has 0 aliphatic carbocycles. The van der Waals surface area contributed by atoms with Crippen molar-refractivity contribution in [1.29, 1.82) is 0 Å². The summed E-state index contributed by atoms with van der Waals surface area (Å²) in [5.41, 5.74) is 1.24. The third kappa shape index (κ3) is 3.67. The quantitative estimate of drug-likeness (QED) is 0.509. The molecule has 128 valence electrons. The fourth-order valence-electron chi connectivity index (χ4n) is 2.47. The zero-order valence-electron chi connectivity index (χ0n) is 13.7. The SMILES string of the molecule is COc1ccc(C(=O)COc2ccc3c(C)cc(=O)oc3c2)cc1Cl. The molecule has 1 heterocycles. The van der Waals surface area contributed by atoms with Crippen LogP contribution in [-0.4, -0.2) is 19.5 Å². The van der Waals surface area contributed by atoms with Gasteiger partial charge in [0.2, 0.25) is 0 Å². The van der Waals surface area contributed by atoms with Gasteiger partial charge in [-0.05, 0) is 42.8 Å². The minimum atomic E-state index is -0.425. The number of fused-ring (bicyclic) bond motifs is 1. The second-order valence-corrected chi connectivity index (χ2v) is 5.87. The molecule has 3 rings (SSSR count). The van der Waals surface area contributed by atoms with E-state index >= 15 is 0 Å². The Morgan fingerprint density at radius 1 is 1.16 bits per heavy atom. The van der Waals surface area contributed by atoms with Crippen LogP contribution in [0.1, 0.15) is 15.9 Å². The maximum Gasteiger partial charge on any atom is 0.336 e. The molecule has 2 aromatic carbocycles. The third-order valence-corrected chi connectivity index (χ3v) is 4.06. The van der Waals surface area contributed by atoms with E-state index in [1.807, 2.05) is 6.92 Å². The fourth-order valence-corrected chi connectivity index (χ4v) is 2.72. The Labute approximate surface area is 148 Å². The van der Waals surface area contributed by atoms with Gasteiger partial charge in [-0.15, -0.1) is 0 Å². The molecule has 0 aliphatic heterocycles. The first-order valence-electron chi connectivity index (χ1n) is 7.52. The summed E-state index contributed by atoms with van der Waals surface area (Å²) in [6, 6.07) is 11.3. The fraction of sp³-hybridized carbons (Fsp3) is 0.158. The lowest BCUT2D eigenvalue weighted by Crippen LogP contribution is -2.11. The van der Waals surface area contributed by atoms with Crippen molar-refractivity contribution < 1.29 is 18.7 Å². The van der Waals surface area contributed by atoms with Crippen molar-refractivity contribution in [1.82, 2.24) is 0 Å². The third-order valence-electron chi connectivity index (χ3n) is 3.77. The molecule has 3 aromatic rings. The number of carbonyl (C=O) groups is 1. The number of methoxy groups -OCH3 is 1. The number of benzene rings is 2. The predicted molar refractivity (Wildman–Crippen MR) is 95.1 cm³/mol. The summed E-state index contributed by atoms with van der Waals surface area (Å²) in [6.45, 7) is 1.67. The van der Waals surface area contributed by atoms with E-state index in [1.165, 1.54) is 19.2 Å². The first-order chi connectivity index (χ1) is 12.0. The van der Waals surface area contributed by atoms with Gasteiger partial charge in [-0.25, -0.2) is 4.79 Å². The molecule has 6 heteroatoms. The topological polar surface area (TPSA) is 65.7 Å². The average molecular weight is 359 g/mol. The molecular formula is C19H15ClO5. The smallest absolute Gasteiger partial charge is 0.336 e. The molecule has 5 nitrogen and oxygen atoms in total. The van der Waals surface area contributed by atoms with Gasteiger partial charge >= 0.3 is 5.63 Å². The Morgan fingerprint density at radius 2 is 1.96 bits per heavy atom. The molecule has 0 aliphatic rings. The van der Waals surface area contributed by atoms with Gasteiger partial charge in [0.05, 0.1) is 12.1 Å². The molecule has 25 heavy (non-hydrogen) atoms. The van der Waals surface area contributed by atoms with Crippen molar-refractivity contribution in [3.8, 4) is 11.5 Å². The Kier molecular flexibility index (Phi) is 4.76. The number of ketones is 1. The molecule has 0 bridgehead atoms. The van der Waals surface area contributed by atoms with Crippen molar-refractivity contribution in [3.63, 3.8) is 0 Å². The second kappa shape index (κ2) is 6.99. The van der Waals surface area contributed by atoms with E-state index in [2.05, 4.69) is 0 Å². The van der Waals surface area contributed by atoms with Crippen LogP contribution in [0.3, 0.4) is 0 Å². The van der Waals surface area contributed by atoms with Crippen LogP contribution in [0.4, 0.5) is 0 Å². The van der Waals surface area contributed by atoms with Gasteiger partial charge in [0, 0.05) is 23.1 Å². The highest BCUT2D eigenvalue weighted by atomic mass is 35.5. The van der Waals surface area contributed by atoms with Gasteiger partial charge in [0.25, 0.3) is 0 Å². The molecule has 0 unspecified atom stereocenters. The Hall–Kier alpha value is -2.79. The van der Waals surface area contributed by atoms with Crippen LogP contribution in [-0.2, 0) is 0 Å². The molecule has 0 radical (unpaired) electrons. The normalized spacial score (nSPS) is 10.7. The van der Waals surface area contributed by atoms with Gasteiger partial charge in [-0.2, -0.15) is 0 Å². The molecule has 0 atom stereocenters. The monoisotopic (exact) mass is 358 g/mol. The molecule has 0 saturated heterocycles. The van der Waals surface area contributed by atoms with E-state index < -0.39 is 5.63 Å². The van der Waals surface area contributed by atoms with E-state index in [-0.39, 0.29) is 12.4 Å². The number of hydrogen-bond acceptors (Lipinski definition) is 5. The van der Waals surface area contributed by atoms with E-state index in [9.17, 15) is 9.59 Å². The summed E-state index contributed by atoms with van der Waals surface area (Å²) in [5.74, 6) is 0.712. The van der Waals surface area contributed by atoms with Gasteiger partial charge in [-0.1, -0.05) is 11.6 Å². The van der Waals surface area contributed by atoms with E-state index in [0.717, 1.165) is 10.9 Å². The van der Waals surface area contributed by atoms with Gasteiger partial charge in [0.15, 0.2) is 12.4 Å². The van der Waals surface area contributed by atoms with Gasteiger partial charge < -0.3 is 13.9 Å². The number of halogens is 1. The Balaban J connectivity index is 1.77. The van der Waals surface area contributed by atoms with Crippen molar-refractivity contribution in [3.05, 3.63) is 69.0 Å². The summed E-state index contributed by atoms with van der Waals surface area (Å²) < 4.78 is 15.7. The predicted octanol–water partition coefficient (Wildman–Crippen LogP) is 4.03. The summed E-state index contributed by atoms with van der Waals surface area (Å²) in [5, 5.41) is 1.18. The molecule has 1 aromatic heterocycles. The van der Waals surface area contributed by atoms with Crippen molar-refractivity contribution >= 4 is 28.4 Å². The first kappa shape index (κ1) is 17.0. The maximum absolute atomic E-state index is 12.2. The molecule has 0 fully saturated rings. The Bertz CT molecular complexity index is 1010. The molecular weight excluding hydrogens is 344 g/mol. The number of hydrogen-bond donors (Lipinski definition) is 0. The lowest BCUT2D eigenvalue weighted by atomic mass is 10.1. The lowest BCUT2D eigenvalue weighted by Gasteiger charge is -2.08. The minimum Gasteiger partial charge on any atom is -0.495 e. The van der Waals surface area contributed by atoms with Crippen molar-refractivity contribution in [2.24, 2.45) is 0 Å². The lowest BCUT2D eigenvalue weighted by molar-refractivity contribution is 0.0921. The zero-order chi connectivity index (χ0) is 18.0. The highest BCUT2D eigenvalue weighted by Crippen LogP contribution is 2.26. The zero-order valence-corrected chi connectivity index (χ0v) is 14.4. The van der Waals surface area contributed by atoms with Crippen molar-refractivity contribution in [2.45, 2.75) is 6.92 Å². The van der Waals surface area contributed by atoms with Gasteiger partial charge in [-0.3, -0.25) is 4.79 Å². The van der Waals surface area contributed by atoms with E-state index in [4.69, 9.17) is 25.5 Å². The van der Waals surface area contributed by atoms with Gasteiger partial charge in [0.1, 0.15) is 17.1 Å². The van der Waals surface area contributed by atoms with Crippen LogP contribution in [0, 0.1) is 6.92 Å². The number of rotatable bonds is 5. The van der Waals surface area contributed by atoms with Crippen LogP contribution < -0.4 is 15.1 Å². The number of Topliss-reactive ketones (excluding diaryl/α,β-unsaturated/α-hetero) is 1. The van der Waals surface area contributed by atoms with Crippen molar-refractivity contribution in [2.75, 3.05) is 13.7 Å².